The molecule has 4 rings (SSSR count). The van der Waals surface area contributed by atoms with E-state index in [1.54, 1.807) is 27.4 Å². The number of unbranched alkanes of at least 4 members (excludes halogenated alkanes) is 1. The monoisotopic (exact) mass is 458 g/mol. The zero-order valence-corrected chi connectivity index (χ0v) is 18.7. The van der Waals surface area contributed by atoms with Gasteiger partial charge in [0, 0.05) is 24.4 Å². The van der Waals surface area contributed by atoms with Crippen LogP contribution < -0.4 is 4.74 Å². The van der Waals surface area contributed by atoms with Crippen molar-refractivity contribution < 1.29 is 19.1 Å². The van der Waals surface area contributed by atoms with Crippen LogP contribution in [0.5, 0.6) is 5.75 Å². The number of aromatic nitrogens is 5. The second-order valence-corrected chi connectivity index (χ2v) is 8.35. The van der Waals surface area contributed by atoms with Gasteiger partial charge in [-0.3, -0.25) is 0 Å². The lowest BCUT2D eigenvalue weighted by Gasteiger charge is -2.28. The lowest BCUT2D eigenvalue weighted by Crippen LogP contribution is -2.35. The summed E-state index contributed by atoms with van der Waals surface area (Å²) < 4.78 is 12.5. The number of hydrogen-bond donors (Lipinski definition) is 0. The van der Waals surface area contributed by atoms with Crippen molar-refractivity contribution in [3.63, 3.8) is 0 Å². The predicted molar refractivity (Wildman–Crippen MR) is 116 cm³/mol. The van der Waals surface area contributed by atoms with Gasteiger partial charge in [-0.05, 0) is 54.0 Å². The number of hydroxylamine groups is 2. The van der Waals surface area contributed by atoms with E-state index >= 15 is 0 Å². The molecular formula is C21H26N6O4S. The fourth-order valence-corrected chi connectivity index (χ4v) is 4.31. The Bertz CT molecular complexity index is 971. The number of tetrazole rings is 1. The summed E-state index contributed by atoms with van der Waals surface area (Å²) in [4.78, 5) is 21.7. The van der Waals surface area contributed by atoms with E-state index in [1.165, 1.54) is 0 Å². The van der Waals surface area contributed by atoms with Crippen molar-refractivity contribution in [1.29, 1.82) is 0 Å². The van der Waals surface area contributed by atoms with E-state index in [4.69, 9.17) is 19.3 Å². The molecule has 0 bridgehead atoms. The molecule has 0 saturated carbocycles. The van der Waals surface area contributed by atoms with E-state index in [2.05, 4.69) is 15.5 Å². The lowest BCUT2D eigenvalue weighted by atomic mass is 9.99. The molecular weight excluding hydrogens is 432 g/mol. The molecule has 3 aromatic rings. The number of carbonyl (C=O) groups is 1. The summed E-state index contributed by atoms with van der Waals surface area (Å²) >= 11 is 1.65. The van der Waals surface area contributed by atoms with Gasteiger partial charge in [0.05, 0.1) is 23.0 Å². The molecule has 0 spiro atoms. The molecule has 11 heteroatoms. The minimum atomic E-state index is -0.614. The summed E-state index contributed by atoms with van der Waals surface area (Å²) in [6, 6.07) is 7.56. The second-order valence-electron chi connectivity index (χ2n) is 7.46. The highest BCUT2D eigenvalue weighted by molar-refractivity contribution is 7.09. The number of ether oxygens (including phenoxy) is 2. The molecule has 0 radical (unpaired) electrons. The molecule has 2 aromatic heterocycles. The zero-order valence-electron chi connectivity index (χ0n) is 17.9. The van der Waals surface area contributed by atoms with Gasteiger partial charge in [-0.1, -0.05) is 13.3 Å². The standard InChI is InChI=1S/C21H26N6O4S/c1-2-3-12-29-21(28)31-26-10-8-16(9-11-26)20-23-17(14-32-20)13-30-19-6-4-18(5-7-19)27-15-22-24-25-27/h4-7,14-16H,2-3,8-13H2,1H3. The van der Waals surface area contributed by atoms with Crippen LogP contribution in [-0.4, -0.2) is 56.1 Å². The molecule has 32 heavy (non-hydrogen) atoms. The first-order chi connectivity index (χ1) is 15.7. The Kier molecular flexibility index (Phi) is 7.62. The third-order valence-electron chi connectivity index (χ3n) is 5.13. The summed E-state index contributed by atoms with van der Waals surface area (Å²) in [6.45, 7) is 4.21. The van der Waals surface area contributed by atoms with Crippen LogP contribution in [0.2, 0.25) is 0 Å². The summed E-state index contributed by atoms with van der Waals surface area (Å²) in [6.07, 6.45) is 4.52. The largest absolute Gasteiger partial charge is 0.527 e. The number of hydrogen-bond acceptors (Lipinski definition) is 10. The number of nitrogens with zero attached hydrogens (tertiary/aromatic N) is 6. The summed E-state index contributed by atoms with van der Waals surface area (Å²) in [7, 11) is 0. The number of carbonyl (C=O) groups excluding carboxylic acids is 1. The molecule has 3 heterocycles. The number of benzene rings is 1. The molecule has 1 aliphatic heterocycles. The van der Waals surface area contributed by atoms with E-state index in [0.29, 0.717) is 32.2 Å². The normalized spacial score (nSPS) is 14.9. The SMILES string of the molecule is CCCCOC(=O)ON1CCC(c2nc(COc3ccc(-n4cnnn4)cc3)cs2)CC1. The Morgan fingerprint density at radius 2 is 2.03 bits per heavy atom. The Morgan fingerprint density at radius 3 is 2.75 bits per heavy atom. The first-order valence-corrected chi connectivity index (χ1v) is 11.6. The minimum absolute atomic E-state index is 0.361. The minimum Gasteiger partial charge on any atom is -0.487 e. The molecule has 1 aromatic carbocycles. The highest BCUT2D eigenvalue weighted by Gasteiger charge is 2.25. The summed E-state index contributed by atoms with van der Waals surface area (Å²) in [5.74, 6) is 1.12. The quantitative estimate of drug-likeness (QED) is 0.350. The van der Waals surface area contributed by atoms with Gasteiger partial charge in [0.2, 0.25) is 0 Å². The van der Waals surface area contributed by atoms with Crippen LogP contribution in [0, 0.1) is 0 Å². The Labute approximate surface area is 190 Å². The smallest absolute Gasteiger partial charge is 0.487 e. The van der Waals surface area contributed by atoms with E-state index in [0.717, 1.165) is 47.8 Å². The summed E-state index contributed by atoms with van der Waals surface area (Å²) in [5.41, 5.74) is 1.77. The van der Waals surface area contributed by atoms with E-state index in [9.17, 15) is 4.79 Å². The van der Waals surface area contributed by atoms with Crippen molar-refractivity contribution in [3.8, 4) is 11.4 Å². The second kappa shape index (κ2) is 11.0. The molecule has 1 aliphatic rings. The van der Waals surface area contributed by atoms with Gasteiger partial charge >= 0.3 is 6.16 Å². The van der Waals surface area contributed by atoms with Crippen LogP contribution in [0.1, 0.15) is 49.2 Å². The van der Waals surface area contributed by atoms with Gasteiger partial charge < -0.3 is 14.3 Å². The van der Waals surface area contributed by atoms with Crippen molar-refractivity contribution in [1.82, 2.24) is 30.3 Å². The maximum Gasteiger partial charge on any atom is 0.527 e. The molecule has 0 atom stereocenters. The zero-order chi connectivity index (χ0) is 22.2. The maximum atomic E-state index is 11.7. The molecule has 1 fully saturated rings. The van der Waals surface area contributed by atoms with Crippen LogP contribution in [0.15, 0.2) is 36.0 Å². The third-order valence-corrected chi connectivity index (χ3v) is 6.19. The van der Waals surface area contributed by atoms with Gasteiger partial charge in [-0.15, -0.1) is 21.5 Å². The highest BCUT2D eigenvalue weighted by atomic mass is 32.1. The lowest BCUT2D eigenvalue weighted by molar-refractivity contribution is -0.139. The van der Waals surface area contributed by atoms with Crippen molar-refractivity contribution in [2.45, 2.75) is 45.1 Å². The van der Waals surface area contributed by atoms with Gasteiger partial charge in [-0.25, -0.2) is 14.5 Å². The first kappa shape index (κ1) is 22.2. The van der Waals surface area contributed by atoms with E-state index < -0.39 is 6.16 Å². The molecule has 0 aliphatic carbocycles. The Morgan fingerprint density at radius 1 is 1.22 bits per heavy atom. The van der Waals surface area contributed by atoms with Crippen LogP contribution in [0.3, 0.4) is 0 Å². The topological polar surface area (TPSA) is 104 Å². The molecule has 0 unspecified atom stereocenters. The van der Waals surface area contributed by atoms with E-state index in [-0.39, 0.29) is 0 Å². The average Bonchev–Trinajstić information content (AvgIpc) is 3.51. The number of piperidine rings is 1. The molecule has 170 valence electrons. The Hall–Kier alpha value is -3.05. The maximum absolute atomic E-state index is 11.7. The van der Waals surface area contributed by atoms with Gasteiger partial charge in [-0.2, -0.15) is 0 Å². The predicted octanol–water partition coefficient (Wildman–Crippen LogP) is 3.75. The summed E-state index contributed by atoms with van der Waals surface area (Å²) in [5, 5.41) is 15.9. The molecule has 0 amide bonds. The molecule has 1 saturated heterocycles. The van der Waals surface area contributed by atoms with Crippen molar-refractivity contribution >= 4 is 17.5 Å². The van der Waals surface area contributed by atoms with Crippen molar-refractivity contribution in [2.75, 3.05) is 19.7 Å². The molecule has 10 nitrogen and oxygen atoms in total. The van der Waals surface area contributed by atoms with Crippen LogP contribution in [-0.2, 0) is 16.2 Å². The molecule has 0 N–H and O–H groups in total. The van der Waals surface area contributed by atoms with Crippen LogP contribution in [0.25, 0.3) is 5.69 Å². The van der Waals surface area contributed by atoms with Crippen molar-refractivity contribution in [3.05, 3.63) is 46.7 Å². The van der Waals surface area contributed by atoms with Gasteiger partial charge in [0.25, 0.3) is 0 Å². The van der Waals surface area contributed by atoms with Crippen molar-refractivity contribution in [2.24, 2.45) is 0 Å². The van der Waals surface area contributed by atoms with Gasteiger partial charge in [0.15, 0.2) is 0 Å². The fraction of sp³-hybridized carbons (Fsp3) is 0.476. The van der Waals surface area contributed by atoms with Crippen LogP contribution in [0.4, 0.5) is 4.79 Å². The number of rotatable bonds is 9. The van der Waals surface area contributed by atoms with E-state index in [1.807, 2.05) is 36.6 Å². The Balaban J connectivity index is 1.21. The number of thiazole rings is 1. The third kappa shape index (κ3) is 6.01. The fourth-order valence-electron chi connectivity index (χ4n) is 3.33. The highest BCUT2D eigenvalue weighted by Crippen LogP contribution is 2.30. The van der Waals surface area contributed by atoms with Gasteiger partial charge in [0.1, 0.15) is 18.7 Å². The first-order valence-electron chi connectivity index (χ1n) is 10.7. The average molecular weight is 459 g/mol. The van der Waals surface area contributed by atoms with Crippen LogP contribution >= 0.6 is 11.3 Å².